The lowest BCUT2D eigenvalue weighted by Gasteiger charge is -2.20. The third kappa shape index (κ3) is 4.36. The molecule has 0 bridgehead atoms. The van der Waals surface area contributed by atoms with Gasteiger partial charge in [0.25, 0.3) is 0 Å². The average molecular weight is 631 g/mol. The molecule has 6 aromatic carbocycles. The maximum absolute atomic E-state index is 13.9. The van der Waals surface area contributed by atoms with Gasteiger partial charge in [-0.1, -0.05) is 72.8 Å². The van der Waals surface area contributed by atoms with Gasteiger partial charge in [-0.25, -0.2) is 4.85 Å². The van der Waals surface area contributed by atoms with Crippen molar-refractivity contribution in [2.24, 2.45) is 0 Å². The number of nitriles is 1. The van der Waals surface area contributed by atoms with Crippen LogP contribution in [0, 0.1) is 31.8 Å². The van der Waals surface area contributed by atoms with Gasteiger partial charge >= 0.3 is 6.18 Å². The molecular formula is C41H25F3N4. The minimum absolute atomic E-state index is 0.128. The van der Waals surface area contributed by atoms with Gasteiger partial charge in [-0.15, -0.1) is 0 Å². The van der Waals surface area contributed by atoms with Crippen LogP contribution in [0.1, 0.15) is 22.3 Å². The van der Waals surface area contributed by atoms with Crippen molar-refractivity contribution in [3.63, 3.8) is 0 Å². The lowest BCUT2D eigenvalue weighted by atomic mass is 9.96. The molecule has 48 heavy (non-hydrogen) atoms. The normalized spacial score (nSPS) is 11.8. The Bertz CT molecular complexity index is 2710. The number of nitrogens with zero attached hydrogens (tertiary/aromatic N) is 4. The first-order chi connectivity index (χ1) is 23.2. The molecule has 0 aliphatic rings. The van der Waals surface area contributed by atoms with Gasteiger partial charge in [0.05, 0.1) is 45.6 Å². The summed E-state index contributed by atoms with van der Waals surface area (Å²) in [5.41, 5.74) is 7.02. The van der Waals surface area contributed by atoms with Crippen molar-refractivity contribution in [3.8, 4) is 28.6 Å². The molecule has 7 heteroatoms. The fourth-order valence-corrected chi connectivity index (χ4v) is 6.96. The molecule has 0 saturated carbocycles. The largest absolute Gasteiger partial charge is 0.415 e. The second kappa shape index (κ2) is 10.6. The first-order valence-corrected chi connectivity index (χ1v) is 15.4. The maximum atomic E-state index is 13.9. The Morgan fingerprint density at radius 1 is 0.604 bits per heavy atom. The molecule has 0 spiro atoms. The number of benzene rings is 6. The Labute approximate surface area is 273 Å². The Morgan fingerprint density at radius 3 is 1.69 bits per heavy atom. The van der Waals surface area contributed by atoms with E-state index in [1.165, 1.54) is 6.07 Å². The van der Waals surface area contributed by atoms with E-state index in [1.807, 2.05) is 85.1 Å². The molecule has 0 fully saturated rings. The van der Waals surface area contributed by atoms with E-state index in [9.17, 15) is 18.4 Å². The van der Waals surface area contributed by atoms with Crippen molar-refractivity contribution in [1.82, 2.24) is 9.13 Å². The Morgan fingerprint density at radius 2 is 1.15 bits per heavy atom. The van der Waals surface area contributed by atoms with Gasteiger partial charge in [0, 0.05) is 27.1 Å². The zero-order chi connectivity index (χ0) is 33.3. The van der Waals surface area contributed by atoms with Crippen molar-refractivity contribution >= 4 is 49.3 Å². The molecule has 8 aromatic rings. The molecule has 0 aliphatic heterocycles. The first kappa shape index (κ1) is 29.1. The second-order valence-corrected chi connectivity index (χ2v) is 12.1. The standard InChI is InChI=1S/C41H25F3N4/c1-24-12-15-31-29-8-4-6-10-35(29)47(38(31)18-24)37-22-33(28-17-14-27(41(42,43)44)21-34(28)46-3)40(20-26(37)23-45)48-36-11-7-5-9-30(36)32-16-13-25(2)19-39(32)48/h4-22H,1-2H3. The highest BCUT2D eigenvalue weighted by atomic mass is 19.4. The smallest absolute Gasteiger partial charge is 0.309 e. The van der Waals surface area contributed by atoms with Crippen LogP contribution in [0.15, 0.2) is 115 Å². The number of aromatic nitrogens is 2. The average Bonchev–Trinajstić information content (AvgIpc) is 3.58. The van der Waals surface area contributed by atoms with Gasteiger partial charge in [-0.2, -0.15) is 18.4 Å². The zero-order valence-electron chi connectivity index (χ0n) is 25.9. The highest BCUT2D eigenvalue weighted by Gasteiger charge is 2.31. The Kier molecular flexibility index (Phi) is 6.44. The molecule has 0 radical (unpaired) electrons. The predicted molar refractivity (Wildman–Crippen MR) is 186 cm³/mol. The van der Waals surface area contributed by atoms with Crippen LogP contribution in [0.4, 0.5) is 18.9 Å². The molecule has 0 saturated heterocycles. The van der Waals surface area contributed by atoms with Crippen molar-refractivity contribution in [3.05, 3.63) is 149 Å². The summed E-state index contributed by atoms with van der Waals surface area (Å²) < 4.78 is 45.7. The van der Waals surface area contributed by atoms with E-state index in [0.717, 1.165) is 66.9 Å². The number of para-hydroxylation sites is 2. The summed E-state index contributed by atoms with van der Waals surface area (Å²) >= 11 is 0. The Hall–Kier alpha value is -6.31. The van der Waals surface area contributed by atoms with Gasteiger partial charge in [0.15, 0.2) is 5.69 Å². The van der Waals surface area contributed by atoms with Crippen molar-refractivity contribution < 1.29 is 13.2 Å². The molecule has 0 aliphatic carbocycles. The van der Waals surface area contributed by atoms with Gasteiger partial charge < -0.3 is 9.13 Å². The zero-order valence-corrected chi connectivity index (χ0v) is 25.9. The van der Waals surface area contributed by atoms with Crippen LogP contribution >= 0.6 is 0 Å². The van der Waals surface area contributed by atoms with Crippen LogP contribution in [-0.2, 0) is 6.18 Å². The van der Waals surface area contributed by atoms with Crippen LogP contribution in [0.3, 0.4) is 0 Å². The van der Waals surface area contributed by atoms with E-state index in [2.05, 4.69) is 39.7 Å². The number of aryl methyl sites for hydroxylation is 2. The number of hydrogen-bond acceptors (Lipinski definition) is 1. The molecule has 2 aromatic heterocycles. The topological polar surface area (TPSA) is 38.0 Å². The van der Waals surface area contributed by atoms with E-state index < -0.39 is 11.7 Å². The molecule has 0 amide bonds. The lowest BCUT2D eigenvalue weighted by molar-refractivity contribution is -0.137. The minimum Gasteiger partial charge on any atom is -0.309 e. The summed E-state index contributed by atoms with van der Waals surface area (Å²) in [7, 11) is 0. The number of halogens is 3. The van der Waals surface area contributed by atoms with E-state index in [4.69, 9.17) is 6.57 Å². The fourth-order valence-electron chi connectivity index (χ4n) is 6.96. The van der Waals surface area contributed by atoms with Gasteiger partial charge in [-0.05, 0) is 78.6 Å². The van der Waals surface area contributed by atoms with Crippen LogP contribution in [-0.4, -0.2) is 9.13 Å². The molecule has 0 atom stereocenters. The molecule has 0 unspecified atom stereocenters. The summed E-state index contributed by atoms with van der Waals surface area (Å²) in [5, 5.41) is 14.8. The molecule has 4 nitrogen and oxygen atoms in total. The summed E-state index contributed by atoms with van der Waals surface area (Å²) in [5.74, 6) is 0. The van der Waals surface area contributed by atoms with E-state index in [1.54, 1.807) is 6.07 Å². The van der Waals surface area contributed by atoms with Crippen LogP contribution < -0.4 is 0 Å². The number of alkyl halides is 3. The summed E-state index contributed by atoms with van der Waals surface area (Å²) in [6, 6.07) is 37.6. The van der Waals surface area contributed by atoms with E-state index in [0.29, 0.717) is 28.1 Å². The Balaban J connectivity index is 1.55. The van der Waals surface area contributed by atoms with E-state index >= 15 is 0 Å². The lowest BCUT2D eigenvalue weighted by Crippen LogP contribution is -2.06. The van der Waals surface area contributed by atoms with Gasteiger partial charge in [-0.3, -0.25) is 0 Å². The summed E-state index contributed by atoms with van der Waals surface area (Å²) in [4.78, 5) is 3.60. The molecular weight excluding hydrogens is 605 g/mol. The molecule has 230 valence electrons. The summed E-state index contributed by atoms with van der Waals surface area (Å²) in [6.45, 7) is 12.0. The highest BCUT2D eigenvalue weighted by molar-refractivity contribution is 6.11. The highest BCUT2D eigenvalue weighted by Crippen LogP contribution is 2.44. The monoisotopic (exact) mass is 630 g/mol. The van der Waals surface area contributed by atoms with Crippen molar-refractivity contribution in [2.45, 2.75) is 20.0 Å². The maximum Gasteiger partial charge on any atom is 0.415 e. The molecule has 0 N–H and O–H groups in total. The molecule has 8 rings (SSSR count). The molecule has 2 heterocycles. The number of rotatable bonds is 3. The van der Waals surface area contributed by atoms with Crippen molar-refractivity contribution in [2.75, 3.05) is 0 Å². The first-order valence-electron chi connectivity index (χ1n) is 15.4. The number of hydrogen-bond donors (Lipinski definition) is 0. The minimum atomic E-state index is -4.61. The van der Waals surface area contributed by atoms with Gasteiger partial charge in [0.2, 0.25) is 0 Å². The third-order valence-electron chi connectivity index (χ3n) is 9.11. The second-order valence-electron chi connectivity index (χ2n) is 12.1. The fraction of sp³-hybridized carbons (Fsp3) is 0.0732. The van der Waals surface area contributed by atoms with Gasteiger partial charge in [0.1, 0.15) is 6.07 Å². The van der Waals surface area contributed by atoms with Crippen LogP contribution in [0.2, 0.25) is 0 Å². The third-order valence-corrected chi connectivity index (χ3v) is 9.11. The summed E-state index contributed by atoms with van der Waals surface area (Å²) in [6.07, 6.45) is -4.61. The number of fused-ring (bicyclic) bond motifs is 6. The van der Waals surface area contributed by atoms with E-state index in [-0.39, 0.29) is 5.69 Å². The van der Waals surface area contributed by atoms with Crippen molar-refractivity contribution in [1.29, 1.82) is 5.26 Å². The predicted octanol–water partition coefficient (Wildman–Crippen LogP) is 11.6. The van der Waals surface area contributed by atoms with Crippen LogP contribution in [0.25, 0.3) is 71.0 Å². The SMILES string of the molecule is [C-]#[N+]c1cc(C(F)(F)F)ccc1-c1cc(-n2c3ccccc3c3ccc(C)cc32)c(C#N)cc1-n1c2ccccc2c2ccc(C)cc21. The quantitative estimate of drug-likeness (QED) is 0.179. The van der Waals surface area contributed by atoms with Crippen LogP contribution in [0.5, 0.6) is 0 Å².